The Balaban J connectivity index is 1.82. The fourth-order valence-corrected chi connectivity index (χ4v) is 4.09. The summed E-state index contributed by atoms with van der Waals surface area (Å²) >= 11 is 9.93. The van der Waals surface area contributed by atoms with Crippen LogP contribution in [0.25, 0.3) is 6.08 Å². The van der Waals surface area contributed by atoms with Gasteiger partial charge in [0.25, 0.3) is 5.91 Å². The fraction of sp³-hybridized carbons (Fsp3) is 0.0556. The molecular weight excluding hydrogens is 438 g/mol. The van der Waals surface area contributed by atoms with Gasteiger partial charge in [0, 0.05) is 0 Å². The first-order valence-electron chi connectivity index (χ1n) is 7.43. The van der Waals surface area contributed by atoms with Crippen LogP contribution in [0.3, 0.4) is 0 Å². The molecule has 0 aromatic heterocycles. The summed E-state index contributed by atoms with van der Waals surface area (Å²) in [4.78, 5) is 25.3. The molecule has 0 radical (unpaired) electrons. The average molecular weight is 450 g/mol. The number of anilines is 1. The third-order valence-corrected chi connectivity index (χ3v) is 5.33. The summed E-state index contributed by atoms with van der Waals surface area (Å²) in [5, 5.41) is 8.68. The minimum atomic E-state index is -1.05. The van der Waals surface area contributed by atoms with Crippen LogP contribution in [-0.2, 0) is 9.59 Å². The maximum absolute atomic E-state index is 12.7. The van der Waals surface area contributed by atoms with Crippen molar-refractivity contribution in [3.05, 3.63) is 63.5 Å². The molecule has 1 fully saturated rings. The van der Waals surface area contributed by atoms with E-state index in [1.54, 1.807) is 24.3 Å². The Morgan fingerprint density at radius 3 is 2.65 bits per heavy atom. The van der Waals surface area contributed by atoms with Crippen molar-refractivity contribution in [1.82, 2.24) is 0 Å². The number of rotatable bonds is 5. The lowest BCUT2D eigenvalue weighted by Gasteiger charge is -2.13. The van der Waals surface area contributed by atoms with Gasteiger partial charge in [-0.3, -0.25) is 9.69 Å². The Morgan fingerprint density at radius 2 is 2.00 bits per heavy atom. The number of ether oxygens (including phenoxy) is 1. The number of carboxylic acids is 1. The predicted molar refractivity (Wildman–Crippen MR) is 109 cm³/mol. The van der Waals surface area contributed by atoms with Crippen molar-refractivity contribution in [2.45, 2.75) is 0 Å². The van der Waals surface area contributed by atoms with Crippen LogP contribution in [0.5, 0.6) is 5.75 Å². The Kier molecular flexibility index (Phi) is 5.75. The zero-order valence-corrected chi connectivity index (χ0v) is 16.4. The Hall–Kier alpha value is -2.16. The second-order valence-corrected chi connectivity index (χ2v) is 7.76. The van der Waals surface area contributed by atoms with E-state index in [0.717, 1.165) is 11.3 Å². The van der Waals surface area contributed by atoms with Gasteiger partial charge in [-0.25, -0.2) is 4.79 Å². The van der Waals surface area contributed by atoms with Gasteiger partial charge in [-0.2, -0.15) is 0 Å². The number of nitrogens with zero attached hydrogens (tertiary/aromatic N) is 1. The van der Waals surface area contributed by atoms with Crippen LogP contribution in [0, 0.1) is 0 Å². The summed E-state index contributed by atoms with van der Waals surface area (Å²) in [5.74, 6) is -0.805. The predicted octanol–water partition coefficient (Wildman–Crippen LogP) is 4.32. The molecular formula is C18H12BrNO4S2. The number of carboxylic acid groups (broad SMARTS) is 1. The number of halogens is 1. The molecule has 1 N–H and O–H groups in total. The van der Waals surface area contributed by atoms with Gasteiger partial charge in [0.15, 0.2) is 10.9 Å². The Bertz CT molecular complexity index is 915. The minimum absolute atomic E-state index is 0.173. The third-order valence-electron chi connectivity index (χ3n) is 3.41. The normalized spacial score (nSPS) is 15.6. The van der Waals surface area contributed by atoms with Crippen LogP contribution < -0.4 is 9.64 Å². The molecule has 2 aromatic rings. The van der Waals surface area contributed by atoms with E-state index in [4.69, 9.17) is 22.1 Å². The second kappa shape index (κ2) is 8.03. The van der Waals surface area contributed by atoms with Gasteiger partial charge in [-0.15, -0.1) is 0 Å². The van der Waals surface area contributed by atoms with Crippen LogP contribution in [0.1, 0.15) is 5.56 Å². The van der Waals surface area contributed by atoms with Crippen LogP contribution in [0.4, 0.5) is 5.69 Å². The summed E-state index contributed by atoms with van der Waals surface area (Å²) in [5.41, 5.74) is 1.50. The van der Waals surface area contributed by atoms with Crippen molar-refractivity contribution in [3.63, 3.8) is 0 Å². The lowest BCUT2D eigenvalue weighted by atomic mass is 10.2. The van der Waals surface area contributed by atoms with E-state index in [9.17, 15) is 9.59 Å². The molecule has 1 aliphatic heterocycles. The molecule has 5 nitrogen and oxygen atoms in total. The molecule has 1 amide bonds. The summed E-state index contributed by atoms with van der Waals surface area (Å²) < 4.78 is 6.25. The van der Waals surface area contributed by atoms with Crippen molar-refractivity contribution in [3.8, 4) is 5.75 Å². The van der Waals surface area contributed by atoms with Gasteiger partial charge in [0.1, 0.15) is 5.75 Å². The maximum Gasteiger partial charge on any atom is 0.341 e. The number of thiocarbonyl (C=S) groups is 1. The number of hydrogen-bond donors (Lipinski definition) is 1. The smallest absolute Gasteiger partial charge is 0.341 e. The van der Waals surface area contributed by atoms with E-state index < -0.39 is 12.6 Å². The highest BCUT2D eigenvalue weighted by atomic mass is 79.9. The third kappa shape index (κ3) is 4.14. The minimum Gasteiger partial charge on any atom is -0.481 e. The number of carbonyl (C=O) groups excluding carboxylic acids is 1. The number of para-hydroxylation sites is 1. The van der Waals surface area contributed by atoms with E-state index in [1.165, 1.54) is 16.7 Å². The average Bonchev–Trinajstić information content (AvgIpc) is 2.88. The van der Waals surface area contributed by atoms with Crippen molar-refractivity contribution in [1.29, 1.82) is 0 Å². The number of amides is 1. The molecule has 26 heavy (non-hydrogen) atoms. The standard InChI is InChI=1S/C18H12BrNO4S2/c19-13-8-11(6-7-14(13)24-10-16(21)22)9-15-17(23)20(18(25)26-15)12-4-2-1-3-5-12/h1-9H,10H2,(H,21,22)/b15-9+. The number of thioether (sulfide) groups is 1. The first-order chi connectivity index (χ1) is 12.5. The molecule has 0 atom stereocenters. The zero-order chi connectivity index (χ0) is 18.7. The second-order valence-electron chi connectivity index (χ2n) is 5.22. The van der Waals surface area contributed by atoms with Crippen LogP contribution in [0.15, 0.2) is 57.9 Å². The number of benzene rings is 2. The first kappa shape index (κ1) is 18.6. The highest BCUT2D eigenvalue weighted by Gasteiger charge is 2.33. The van der Waals surface area contributed by atoms with Crippen LogP contribution in [-0.4, -0.2) is 27.9 Å². The van der Waals surface area contributed by atoms with Crippen molar-refractivity contribution in [2.24, 2.45) is 0 Å². The zero-order valence-electron chi connectivity index (χ0n) is 13.2. The van der Waals surface area contributed by atoms with E-state index >= 15 is 0 Å². The summed E-state index contributed by atoms with van der Waals surface area (Å²) in [6.07, 6.45) is 1.74. The van der Waals surface area contributed by atoms with Gasteiger partial charge in [0.2, 0.25) is 0 Å². The largest absolute Gasteiger partial charge is 0.481 e. The Labute approximate surface area is 167 Å². The molecule has 1 saturated heterocycles. The molecule has 0 spiro atoms. The summed E-state index contributed by atoms with van der Waals surface area (Å²) in [6, 6.07) is 14.4. The van der Waals surface area contributed by atoms with E-state index in [1.807, 2.05) is 30.3 Å². The van der Waals surface area contributed by atoms with E-state index in [2.05, 4.69) is 15.9 Å². The van der Waals surface area contributed by atoms with Gasteiger partial charge in [0.05, 0.1) is 15.1 Å². The highest BCUT2D eigenvalue weighted by molar-refractivity contribution is 9.10. The summed E-state index contributed by atoms with van der Waals surface area (Å²) in [7, 11) is 0. The van der Waals surface area contributed by atoms with Crippen molar-refractivity contribution in [2.75, 3.05) is 11.5 Å². The van der Waals surface area contributed by atoms with E-state index in [0.29, 0.717) is 19.4 Å². The molecule has 0 aliphatic carbocycles. The summed E-state index contributed by atoms with van der Waals surface area (Å²) in [6.45, 7) is -0.423. The molecule has 0 saturated carbocycles. The maximum atomic E-state index is 12.7. The molecule has 2 aromatic carbocycles. The molecule has 1 heterocycles. The van der Waals surface area contributed by atoms with E-state index in [-0.39, 0.29) is 5.91 Å². The van der Waals surface area contributed by atoms with Crippen LogP contribution in [0.2, 0.25) is 0 Å². The Morgan fingerprint density at radius 1 is 1.27 bits per heavy atom. The number of hydrogen-bond acceptors (Lipinski definition) is 5. The molecule has 8 heteroatoms. The lowest BCUT2D eigenvalue weighted by molar-refractivity contribution is -0.139. The van der Waals surface area contributed by atoms with Gasteiger partial charge in [-0.1, -0.05) is 48.2 Å². The molecule has 1 aliphatic rings. The molecule has 3 rings (SSSR count). The lowest BCUT2D eigenvalue weighted by Crippen LogP contribution is -2.27. The molecule has 132 valence electrons. The SMILES string of the molecule is O=C(O)COc1ccc(/C=C2/SC(=S)N(c3ccccc3)C2=O)cc1Br. The molecule has 0 bridgehead atoms. The van der Waals surface area contributed by atoms with Gasteiger partial charge in [-0.05, 0) is 51.8 Å². The monoisotopic (exact) mass is 449 g/mol. The van der Waals surface area contributed by atoms with Gasteiger partial charge < -0.3 is 9.84 Å². The van der Waals surface area contributed by atoms with Gasteiger partial charge >= 0.3 is 5.97 Å². The topological polar surface area (TPSA) is 66.8 Å². The number of aliphatic carboxylic acids is 1. The van der Waals surface area contributed by atoms with Crippen molar-refractivity contribution >= 4 is 67.9 Å². The molecule has 0 unspecified atom stereocenters. The highest BCUT2D eigenvalue weighted by Crippen LogP contribution is 2.36. The van der Waals surface area contributed by atoms with Crippen LogP contribution >= 0.6 is 39.9 Å². The first-order valence-corrected chi connectivity index (χ1v) is 9.44. The quantitative estimate of drug-likeness (QED) is 0.541. The number of carbonyl (C=O) groups is 2. The van der Waals surface area contributed by atoms with Crippen molar-refractivity contribution < 1.29 is 19.4 Å². The fourth-order valence-electron chi connectivity index (χ4n) is 2.28.